The van der Waals surface area contributed by atoms with Gasteiger partial charge in [0.1, 0.15) is 0 Å². The Balaban J connectivity index is 2.07. The Labute approximate surface area is 94.4 Å². The summed E-state index contributed by atoms with van der Waals surface area (Å²) in [5.74, 6) is 0.584. The average Bonchev–Trinajstić information content (AvgIpc) is 2.94. The number of hydrogen-bond acceptors (Lipinski definition) is 3. The van der Waals surface area contributed by atoms with Gasteiger partial charge in [-0.25, -0.2) is 0 Å². The van der Waals surface area contributed by atoms with E-state index in [9.17, 15) is 4.79 Å². The van der Waals surface area contributed by atoms with Crippen molar-refractivity contribution in [2.45, 2.75) is 19.4 Å². The van der Waals surface area contributed by atoms with Crippen molar-refractivity contribution in [2.24, 2.45) is 11.7 Å². The normalized spacial score (nSPS) is 16.1. The molecule has 0 unspecified atom stereocenters. The lowest BCUT2D eigenvalue weighted by atomic mass is 10.2. The largest absolute Gasteiger partial charge is 0.398 e. The van der Waals surface area contributed by atoms with E-state index in [1.807, 2.05) is 10.9 Å². The standard InChI is InChI=1S/C12H15N3O/c1-2-11(16)5-12(13)10-6-14-15(8-10)7-9-3-4-9/h2,5-6,8-9H,1,3-4,7,13H2/b12-5-. The van der Waals surface area contributed by atoms with Crippen molar-refractivity contribution < 1.29 is 4.79 Å². The third-order valence-corrected chi connectivity index (χ3v) is 2.61. The molecule has 0 bridgehead atoms. The summed E-state index contributed by atoms with van der Waals surface area (Å²) >= 11 is 0. The molecule has 0 spiro atoms. The lowest BCUT2D eigenvalue weighted by molar-refractivity contribution is -0.110. The van der Waals surface area contributed by atoms with Crippen LogP contribution >= 0.6 is 0 Å². The highest BCUT2D eigenvalue weighted by atomic mass is 16.1. The summed E-state index contributed by atoms with van der Waals surface area (Å²) in [5, 5.41) is 4.21. The summed E-state index contributed by atoms with van der Waals surface area (Å²) in [6, 6.07) is 0. The molecule has 0 amide bonds. The Morgan fingerprint density at radius 2 is 2.44 bits per heavy atom. The van der Waals surface area contributed by atoms with Crippen molar-refractivity contribution in [3.63, 3.8) is 0 Å². The minimum Gasteiger partial charge on any atom is -0.398 e. The van der Waals surface area contributed by atoms with Gasteiger partial charge in [0.15, 0.2) is 5.78 Å². The van der Waals surface area contributed by atoms with E-state index in [1.54, 1.807) is 6.20 Å². The first-order valence-corrected chi connectivity index (χ1v) is 5.35. The van der Waals surface area contributed by atoms with Crippen LogP contribution < -0.4 is 5.73 Å². The highest BCUT2D eigenvalue weighted by Gasteiger charge is 2.22. The predicted octanol–water partition coefficient (Wildman–Crippen LogP) is 1.35. The molecule has 0 aliphatic heterocycles. The van der Waals surface area contributed by atoms with Gasteiger partial charge in [-0.2, -0.15) is 5.10 Å². The number of allylic oxidation sites excluding steroid dienone is 2. The Bertz CT molecular complexity index is 441. The molecule has 4 nitrogen and oxygen atoms in total. The maximum absolute atomic E-state index is 11.1. The fraction of sp³-hybridized carbons (Fsp3) is 0.333. The first-order valence-electron chi connectivity index (χ1n) is 5.35. The predicted molar refractivity (Wildman–Crippen MR) is 62.3 cm³/mol. The summed E-state index contributed by atoms with van der Waals surface area (Å²) < 4.78 is 1.88. The second kappa shape index (κ2) is 4.35. The van der Waals surface area contributed by atoms with Crippen LogP contribution in [0.5, 0.6) is 0 Å². The monoisotopic (exact) mass is 217 g/mol. The van der Waals surface area contributed by atoms with Gasteiger partial charge in [-0.15, -0.1) is 0 Å². The number of carbonyl (C=O) groups is 1. The zero-order valence-electron chi connectivity index (χ0n) is 9.10. The first-order chi connectivity index (χ1) is 7.69. The summed E-state index contributed by atoms with van der Waals surface area (Å²) in [6.45, 7) is 4.34. The fourth-order valence-corrected chi connectivity index (χ4v) is 1.47. The van der Waals surface area contributed by atoms with Gasteiger partial charge in [0.05, 0.1) is 6.20 Å². The molecule has 4 heteroatoms. The van der Waals surface area contributed by atoms with Crippen LogP contribution in [-0.2, 0) is 11.3 Å². The molecule has 2 rings (SSSR count). The van der Waals surface area contributed by atoms with Gasteiger partial charge >= 0.3 is 0 Å². The van der Waals surface area contributed by atoms with Gasteiger partial charge in [0.25, 0.3) is 0 Å². The van der Waals surface area contributed by atoms with Gasteiger partial charge in [-0.05, 0) is 24.8 Å². The summed E-state index contributed by atoms with van der Waals surface area (Å²) in [7, 11) is 0. The number of nitrogens with two attached hydrogens (primary N) is 1. The van der Waals surface area contributed by atoms with Crippen LogP contribution in [0.3, 0.4) is 0 Å². The van der Waals surface area contributed by atoms with Gasteiger partial charge in [0.2, 0.25) is 0 Å². The minimum atomic E-state index is -0.188. The van der Waals surface area contributed by atoms with E-state index in [2.05, 4.69) is 11.7 Å². The number of aromatic nitrogens is 2. The molecule has 1 aromatic heterocycles. The fourth-order valence-electron chi connectivity index (χ4n) is 1.47. The van der Waals surface area contributed by atoms with Crippen LogP contribution in [0.4, 0.5) is 0 Å². The van der Waals surface area contributed by atoms with Crippen LogP contribution in [0.2, 0.25) is 0 Å². The maximum Gasteiger partial charge on any atom is 0.180 e. The van der Waals surface area contributed by atoms with Gasteiger partial charge in [0, 0.05) is 30.1 Å². The first kappa shape index (κ1) is 10.7. The second-order valence-electron chi connectivity index (χ2n) is 4.10. The SMILES string of the molecule is C=CC(=O)/C=C(\N)c1cnn(CC2CC2)c1. The zero-order valence-corrected chi connectivity index (χ0v) is 9.10. The number of ketones is 1. The van der Waals surface area contributed by atoms with Gasteiger partial charge in [-0.3, -0.25) is 9.48 Å². The molecule has 1 saturated carbocycles. The van der Waals surface area contributed by atoms with Crippen molar-refractivity contribution in [1.82, 2.24) is 9.78 Å². The zero-order chi connectivity index (χ0) is 11.5. The number of hydrogen-bond donors (Lipinski definition) is 1. The minimum absolute atomic E-state index is 0.188. The Kier molecular flexibility index (Phi) is 2.90. The molecule has 0 atom stereocenters. The molecule has 1 fully saturated rings. The molecule has 1 aromatic rings. The summed E-state index contributed by atoms with van der Waals surface area (Å²) in [4.78, 5) is 11.1. The Hall–Kier alpha value is -1.84. The smallest absolute Gasteiger partial charge is 0.180 e. The molecule has 1 aliphatic rings. The Morgan fingerprint density at radius 3 is 3.06 bits per heavy atom. The highest BCUT2D eigenvalue weighted by molar-refractivity contribution is 6.03. The lowest BCUT2D eigenvalue weighted by Crippen LogP contribution is -2.01. The third-order valence-electron chi connectivity index (χ3n) is 2.61. The van der Waals surface area contributed by atoms with Crippen LogP contribution in [0.25, 0.3) is 5.70 Å². The molecule has 0 aromatic carbocycles. The van der Waals surface area contributed by atoms with Crippen LogP contribution in [0.15, 0.2) is 31.1 Å². The van der Waals surface area contributed by atoms with Crippen LogP contribution in [0, 0.1) is 5.92 Å². The molecular weight excluding hydrogens is 202 g/mol. The van der Waals surface area contributed by atoms with Crippen molar-refractivity contribution in [1.29, 1.82) is 0 Å². The lowest BCUT2D eigenvalue weighted by Gasteiger charge is -1.97. The van der Waals surface area contributed by atoms with E-state index in [4.69, 9.17) is 5.73 Å². The van der Waals surface area contributed by atoms with Gasteiger partial charge < -0.3 is 5.73 Å². The molecule has 84 valence electrons. The van der Waals surface area contributed by atoms with Crippen molar-refractivity contribution in [3.05, 3.63) is 36.7 Å². The van der Waals surface area contributed by atoms with E-state index < -0.39 is 0 Å². The average molecular weight is 217 g/mol. The quantitative estimate of drug-likeness (QED) is 0.757. The van der Waals surface area contributed by atoms with E-state index in [1.165, 1.54) is 25.0 Å². The topological polar surface area (TPSA) is 60.9 Å². The molecule has 1 heterocycles. The van der Waals surface area contributed by atoms with Gasteiger partial charge in [-0.1, -0.05) is 6.58 Å². The number of rotatable bonds is 5. The van der Waals surface area contributed by atoms with Crippen molar-refractivity contribution in [3.8, 4) is 0 Å². The van der Waals surface area contributed by atoms with E-state index in [0.717, 1.165) is 18.0 Å². The molecule has 16 heavy (non-hydrogen) atoms. The van der Waals surface area contributed by atoms with Crippen molar-refractivity contribution in [2.75, 3.05) is 0 Å². The molecule has 0 radical (unpaired) electrons. The third kappa shape index (κ3) is 2.59. The van der Waals surface area contributed by atoms with E-state index >= 15 is 0 Å². The number of carbonyl (C=O) groups excluding carboxylic acids is 1. The van der Waals surface area contributed by atoms with E-state index in [-0.39, 0.29) is 5.78 Å². The highest BCUT2D eigenvalue weighted by Crippen LogP contribution is 2.30. The molecular formula is C12H15N3O. The maximum atomic E-state index is 11.1. The second-order valence-corrected chi connectivity index (χ2v) is 4.10. The summed E-state index contributed by atoms with van der Waals surface area (Å²) in [6.07, 6.45) is 8.74. The summed E-state index contributed by atoms with van der Waals surface area (Å²) in [5.41, 5.74) is 7.00. The van der Waals surface area contributed by atoms with E-state index in [0.29, 0.717) is 5.70 Å². The van der Waals surface area contributed by atoms with Crippen LogP contribution in [0.1, 0.15) is 18.4 Å². The van der Waals surface area contributed by atoms with Crippen LogP contribution in [-0.4, -0.2) is 15.6 Å². The molecule has 2 N–H and O–H groups in total. The van der Waals surface area contributed by atoms with Crippen molar-refractivity contribution >= 4 is 11.5 Å². The molecule has 0 saturated heterocycles. The Morgan fingerprint density at radius 1 is 1.69 bits per heavy atom. The molecule has 1 aliphatic carbocycles. The number of nitrogens with zero attached hydrogens (tertiary/aromatic N) is 2.